The van der Waals surface area contributed by atoms with Crippen LogP contribution in [0.3, 0.4) is 0 Å². The van der Waals surface area contributed by atoms with Gasteiger partial charge in [-0.3, -0.25) is 4.72 Å². The Balaban J connectivity index is 2.47. The molecule has 2 aromatic rings. The molecule has 2 rings (SSSR count). The summed E-state index contributed by atoms with van der Waals surface area (Å²) in [7, 11) is -7.43. The first-order valence-corrected chi connectivity index (χ1v) is 10.4. The number of thiophene rings is 1. The van der Waals surface area contributed by atoms with E-state index in [-0.39, 0.29) is 20.5 Å². The maximum Gasteiger partial charge on any atom is 0.272 e. The van der Waals surface area contributed by atoms with Crippen molar-refractivity contribution < 1.29 is 21.9 Å². The van der Waals surface area contributed by atoms with Crippen LogP contribution >= 0.6 is 27.3 Å². The van der Waals surface area contributed by atoms with Gasteiger partial charge in [-0.25, -0.2) is 16.8 Å². The fraction of sp³-hybridized carbons (Fsp3) is 0.0909. The molecule has 0 spiro atoms. The van der Waals surface area contributed by atoms with Crippen molar-refractivity contribution in [3.8, 4) is 5.75 Å². The Bertz CT molecular complexity index is 886. The Morgan fingerprint density at radius 2 is 1.86 bits per heavy atom. The molecule has 114 valence electrons. The number of benzene rings is 1. The summed E-state index contributed by atoms with van der Waals surface area (Å²) in [5.74, 6) is -0.362. The highest BCUT2D eigenvalue weighted by Gasteiger charge is 2.21. The molecule has 10 heteroatoms. The third-order valence-corrected chi connectivity index (χ3v) is 7.61. The summed E-state index contributed by atoms with van der Waals surface area (Å²) in [5.41, 5.74) is -0.196. The van der Waals surface area contributed by atoms with Gasteiger partial charge in [0.1, 0.15) is 5.75 Å². The minimum Gasteiger partial charge on any atom is -0.506 e. The zero-order valence-corrected chi connectivity index (χ0v) is 14.6. The van der Waals surface area contributed by atoms with Crippen LogP contribution in [0.2, 0.25) is 0 Å². The van der Waals surface area contributed by atoms with Gasteiger partial charge < -0.3 is 5.11 Å². The number of phenolic OH excluding ortho intramolecular Hbond substituents is 1. The van der Waals surface area contributed by atoms with Gasteiger partial charge in [0.05, 0.1) is 10.6 Å². The number of aromatic hydroxyl groups is 1. The minimum absolute atomic E-state index is 0.0339. The molecule has 0 aliphatic rings. The van der Waals surface area contributed by atoms with Crippen molar-refractivity contribution in [2.45, 2.75) is 9.10 Å². The lowest BCUT2D eigenvalue weighted by atomic mass is 10.3. The van der Waals surface area contributed by atoms with Crippen molar-refractivity contribution in [2.75, 3.05) is 11.0 Å². The quantitative estimate of drug-likeness (QED) is 0.752. The molecule has 0 bridgehead atoms. The van der Waals surface area contributed by atoms with Gasteiger partial charge in [-0.05, 0) is 45.6 Å². The second-order valence-electron chi connectivity index (χ2n) is 4.11. The monoisotopic (exact) mass is 411 g/mol. The van der Waals surface area contributed by atoms with Gasteiger partial charge >= 0.3 is 0 Å². The van der Waals surface area contributed by atoms with E-state index in [1.165, 1.54) is 6.07 Å². The van der Waals surface area contributed by atoms with E-state index < -0.39 is 19.9 Å². The maximum absolute atomic E-state index is 12.2. The molecule has 0 aliphatic carbocycles. The lowest BCUT2D eigenvalue weighted by Crippen LogP contribution is -2.12. The first-order valence-electron chi connectivity index (χ1n) is 5.40. The molecular weight excluding hydrogens is 402 g/mol. The van der Waals surface area contributed by atoms with Crippen LogP contribution in [0.25, 0.3) is 0 Å². The lowest BCUT2D eigenvalue weighted by molar-refractivity contribution is 0.477. The number of hydrogen-bond donors (Lipinski definition) is 2. The molecular formula is C11H10BrNO5S3. The van der Waals surface area contributed by atoms with Gasteiger partial charge in [0.25, 0.3) is 10.0 Å². The molecule has 0 aliphatic heterocycles. The van der Waals surface area contributed by atoms with Crippen LogP contribution in [0.4, 0.5) is 5.69 Å². The van der Waals surface area contributed by atoms with Crippen LogP contribution in [0.15, 0.2) is 43.2 Å². The molecule has 1 aromatic carbocycles. The largest absolute Gasteiger partial charge is 0.506 e. The van der Waals surface area contributed by atoms with Crippen LogP contribution < -0.4 is 4.72 Å². The number of halogens is 1. The van der Waals surface area contributed by atoms with Gasteiger partial charge in [-0.2, -0.15) is 0 Å². The van der Waals surface area contributed by atoms with Gasteiger partial charge in [0, 0.05) is 10.7 Å². The Kier molecular flexibility index (Phi) is 4.34. The molecule has 1 heterocycles. The van der Waals surface area contributed by atoms with Gasteiger partial charge in [0.2, 0.25) is 0 Å². The second-order valence-corrected chi connectivity index (χ2v) is 9.78. The van der Waals surface area contributed by atoms with E-state index in [1.54, 1.807) is 11.4 Å². The van der Waals surface area contributed by atoms with Crippen molar-refractivity contribution in [3.63, 3.8) is 0 Å². The fourth-order valence-electron chi connectivity index (χ4n) is 1.49. The van der Waals surface area contributed by atoms with E-state index in [0.29, 0.717) is 4.47 Å². The number of nitrogens with one attached hydrogen (secondary N) is 1. The highest BCUT2D eigenvalue weighted by Crippen LogP contribution is 2.32. The van der Waals surface area contributed by atoms with E-state index in [9.17, 15) is 21.9 Å². The average molecular weight is 412 g/mol. The molecule has 0 radical (unpaired) electrons. The average Bonchev–Trinajstić information content (AvgIpc) is 2.77. The van der Waals surface area contributed by atoms with E-state index in [4.69, 9.17) is 0 Å². The van der Waals surface area contributed by atoms with Crippen molar-refractivity contribution >= 4 is 52.8 Å². The topological polar surface area (TPSA) is 101 Å². The summed E-state index contributed by atoms with van der Waals surface area (Å²) >= 11 is 4.11. The summed E-state index contributed by atoms with van der Waals surface area (Å²) in [6, 6.07) is 4.97. The Labute approximate surface area is 134 Å². The normalized spacial score (nSPS) is 12.3. The molecule has 0 atom stereocenters. The molecule has 6 nitrogen and oxygen atoms in total. The third kappa shape index (κ3) is 3.57. The van der Waals surface area contributed by atoms with Crippen molar-refractivity contribution in [2.24, 2.45) is 0 Å². The number of phenols is 1. The number of rotatable bonds is 4. The standard InChI is InChI=1S/C11H10BrNO5S3/c1-20(15,16)7-2-3-10(14)9(6-7)13-21(17,18)11-8(12)4-5-19-11/h2-6,13-14H,1H3. The van der Waals surface area contributed by atoms with E-state index >= 15 is 0 Å². The van der Waals surface area contributed by atoms with Gasteiger partial charge in [0.15, 0.2) is 14.0 Å². The molecule has 21 heavy (non-hydrogen) atoms. The number of sulfone groups is 1. The van der Waals surface area contributed by atoms with Gasteiger partial charge in [-0.1, -0.05) is 0 Å². The predicted octanol–water partition coefficient (Wildman–Crippen LogP) is 2.42. The van der Waals surface area contributed by atoms with Crippen molar-refractivity contribution in [1.29, 1.82) is 0 Å². The highest BCUT2D eigenvalue weighted by atomic mass is 79.9. The molecule has 1 aromatic heterocycles. The SMILES string of the molecule is CS(=O)(=O)c1ccc(O)c(NS(=O)(=O)c2sccc2Br)c1. The lowest BCUT2D eigenvalue weighted by Gasteiger charge is -2.10. The number of anilines is 1. The van der Waals surface area contributed by atoms with Crippen LogP contribution in [0.1, 0.15) is 0 Å². The third-order valence-electron chi connectivity index (χ3n) is 2.47. The van der Waals surface area contributed by atoms with E-state index in [2.05, 4.69) is 20.7 Å². The Hall–Kier alpha value is -1.10. The predicted molar refractivity (Wildman–Crippen MR) is 84.0 cm³/mol. The summed E-state index contributed by atoms with van der Waals surface area (Å²) < 4.78 is 50.0. The van der Waals surface area contributed by atoms with Crippen LogP contribution in [-0.2, 0) is 19.9 Å². The Morgan fingerprint density at radius 1 is 1.19 bits per heavy atom. The fourth-order valence-corrected chi connectivity index (χ4v) is 5.54. The zero-order chi connectivity index (χ0) is 15.8. The molecule has 0 amide bonds. The molecule has 0 saturated carbocycles. The van der Waals surface area contributed by atoms with Crippen LogP contribution in [-0.4, -0.2) is 28.2 Å². The van der Waals surface area contributed by atoms with Crippen LogP contribution in [0, 0.1) is 0 Å². The number of sulfonamides is 1. The zero-order valence-electron chi connectivity index (χ0n) is 10.6. The van der Waals surface area contributed by atoms with E-state index in [0.717, 1.165) is 29.7 Å². The second kappa shape index (κ2) is 5.59. The van der Waals surface area contributed by atoms with Crippen molar-refractivity contribution in [1.82, 2.24) is 0 Å². The first kappa shape index (κ1) is 16.3. The highest BCUT2D eigenvalue weighted by molar-refractivity contribution is 9.10. The molecule has 0 fully saturated rings. The molecule has 0 unspecified atom stereocenters. The Morgan fingerprint density at radius 3 is 2.38 bits per heavy atom. The van der Waals surface area contributed by atoms with Gasteiger partial charge in [-0.15, -0.1) is 11.3 Å². The molecule has 0 saturated heterocycles. The van der Waals surface area contributed by atoms with Crippen molar-refractivity contribution in [3.05, 3.63) is 34.1 Å². The van der Waals surface area contributed by atoms with E-state index in [1.807, 2.05) is 0 Å². The first-order chi connectivity index (χ1) is 9.61. The maximum atomic E-state index is 12.2. The van der Waals surface area contributed by atoms with Crippen LogP contribution in [0.5, 0.6) is 5.75 Å². The summed E-state index contributed by atoms with van der Waals surface area (Å²) in [4.78, 5) is -0.0942. The number of hydrogen-bond acceptors (Lipinski definition) is 6. The summed E-state index contributed by atoms with van der Waals surface area (Å²) in [6.45, 7) is 0. The summed E-state index contributed by atoms with van der Waals surface area (Å²) in [5, 5.41) is 11.3. The minimum atomic E-state index is -3.92. The summed E-state index contributed by atoms with van der Waals surface area (Å²) in [6.07, 6.45) is 0.994. The smallest absolute Gasteiger partial charge is 0.272 e. The molecule has 2 N–H and O–H groups in total.